The fourth-order valence-corrected chi connectivity index (χ4v) is 1.56. The molecule has 0 bridgehead atoms. The van der Waals surface area contributed by atoms with Gasteiger partial charge in [0.1, 0.15) is 0 Å². The molecule has 104 valence electrons. The molecule has 4 nitrogen and oxygen atoms in total. The number of anilines is 1. The van der Waals surface area contributed by atoms with Gasteiger partial charge in [-0.2, -0.15) is 0 Å². The summed E-state index contributed by atoms with van der Waals surface area (Å²) >= 11 is 0. The molecule has 2 N–H and O–H groups in total. The van der Waals surface area contributed by atoms with E-state index >= 15 is 0 Å². The van der Waals surface area contributed by atoms with Crippen molar-refractivity contribution in [2.45, 2.75) is 33.6 Å². The van der Waals surface area contributed by atoms with Crippen LogP contribution >= 0.6 is 0 Å². The molecule has 0 aromatic heterocycles. The van der Waals surface area contributed by atoms with Gasteiger partial charge in [0, 0.05) is 18.0 Å². The summed E-state index contributed by atoms with van der Waals surface area (Å²) in [6, 6.07) is 7.31. The van der Waals surface area contributed by atoms with Crippen LogP contribution < -0.4 is 5.32 Å². The van der Waals surface area contributed by atoms with Crippen molar-refractivity contribution in [3.8, 4) is 0 Å². The van der Waals surface area contributed by atoms with Gasteiger partial charge in [-0.05, 0) is 30.0 Å². The van der Waals surface area contributed by atoms with Gasteiger partial charge < -0.3 is 10.4 Å². The SMILES string of the molecule is CC(C)C(C)C(=O)Nc1ccc(CCC(=O)O)cc1. The molecular weight excluding hydrogens is 242 g/mol. The molecule has 0 radical (unpaired) electrons. The molecule has 0 spiro atoms. The maximum atomic E-state index is 11.9. The van der Waals surface area contributed by atoms with E-state index in [0.29, 0.717) is 12.3 Å². The Labute approximate surface area is 113 Å². The lowest BCUT2D eigenvalue weighted by molar-refractivity contribution is -0.137. The van der Waals surface area contributed by atoms with Crippen molar-refractivity contribution < 1.29 is 14.7 Å². The van der Waals surface area contributed by atoms with Gasteiger partial charge in [0.25, 0.3) is 0 Å². The van der Waals surface area contributed by atoms with Crippen molar-refractivity contribution in [3.05, 3.63) is 29.8 Å². The van der Waals surface area contributed by atoms with Crippen LogP contribution in [0.1, 0.15) is 32.8 Å². The van der Waals surface area contributed by atoms with E-state index in [1.54, 1.807) is 0 Å². The second-order valence-electron chi connectivity index (χ2n) is 5.11. The summed E-state index contributed by atoms with van der Waals surface area (Å²) in [6.07, 6.45) is 0.627. The summed E-state index contributed by atoms with van der Waals surface area (Å²) in [5, 5.41) is 11.5. The number of hydrogen-bond donors (Lipinski definition) is 2. The Balaban J connectivity index is 2.57. The third-order valence-corrected chi connectivity index (χ3v) is 3.26. The van der Waals surface area contributed by atoms with Crippen LogP contribution in [0, 0.1) is 11.8 Å². The zero-order valence-electron chi connectivity index (χ0n) is 11.6. The summed E-state index contributed by atoms with van der Waals surface area (Å²) in [5.74, 6) is -0.530. The Morgan fingerprint density at radius 1 is 1.16 bits per heavy atom. The van der Waals surface area contributed by atoms with Gasteiger partial charge in [0.2, 0.25) is 5.91 Å². The standard InChI is InChI=1S/C15H21NO3/c1-10(2)11(3)15(19)16-13-7-4-12(5-8-13)6-9-14(17)18/h4-5,7-8,10-11H,6,9H2,1-3H3,(H,16,19)(H,17,18). The van der Waals surface area contributed by atoms with Gasteiger partial charge in [-0.3, -0.25) is 9.59 Å². The third kappa shape index (κ3) is 5.12. The molecule has 0 aliphatic heterocycles. The second-order valence-corrected chi connectivity index (χ2v) is 5.11. The summed E-state index contributed by atoms with van der Waals surface area (Å²) in [6.45, 7) is 5.93. The van der Waals surface area contributed by atoms with Gasteiger partial charge in [-0.25, -0.2) is 0 Å². The van der Waals surface area contributed by atoms with Crippen molar-refractivity contribution in [3.63, 3.8) is 0 Å². The minimum absolute atomic E-state index is 0.00767. The van der Waals surface area contributed by atoms with Crippen molar-refractivity contribution >= 4 is 17.6 Å². The minimum atomic E-state index is -0.803. The van der Waals surface area contributed by atoms with Crippen molar-refractivity contribution in [2.24, 2.45) is 11.8 Å². The molecule has 0 heterocycles. The molecule has 1 atom stereocenters. The highest BCUT2D eigenvalue weighted by Gasteiger charge is 2.16. The van der Waals surface area contributed by atoms with E-state index in [0.717, 1.165) is 11.3 Å². The highest BCUT2D eigenvalue weighted by molar-refractivity contribution is 5.92. The zero-order chi connectivity index (χ0) is 14.4. The average molecular weight is 263 g/mol. The lowest BCUT2D eigenvalue weighted by Crippen LogP contribution is -2.24. The second kappa shape index (κ2) is 6.92. The van der Waals surface area contributed by atoms with Crippen LogP contribution in [0.25, 0.3) is 0 Å². The molecule has 1 amide bonds. The number of carboxylic acids is 1. The van der Waals surface area contributed by atoms with E-state index < -0.39 is 5.97 Å². The highest BCUT2D eigenvalue weighted by atomic mass is 16.4. The third-order valence-electron chi connectivity index (χ3n) is 3.26. The number of carbonyl (C=O) groups is 2. The minimum Gasteiger partial charge on any atom is -0.481 e. The first-order valence-electron chi connectivity index (χ1n) is 6.51. The molecule has 1 aromatic carbocycles. The maximum Gasteiger partial charge on any atom is 0.303 e. The lowest BCUT2D eigenvalue weighted by atomic mass is 9.97. The van der Waals surface area contributed by atoms with Crippen LogP contribution in [-0.2, 0) is 16.0 Å². The quantitative estimate of drug-likeness (QED) is 0.829. The van der Waals surface area contributed by atoms with Crippen molar-refractivity contribution in [1.82, 2.24) is 0 Å². The van der Waals surface area contributed by atoms with Crippen LogP contribution in [-0.4, -0.2) is 17.0 Å². The molecule has 0 aliphatic rings. The number of benzene rings is 1. The van der Waals surface area contributed by atoms with E-state index in [1.807, 2.05) is 45.0 Å². The van der Waals surface area contributed by atoms with Crippen LogP contribution in [0.5, 0.6) is 0 Å². The Morgan fingerprint density at radius 2 is 1.74 bits per heavy atom. The first-order valence-corrected chi connectivity index (χ1v) is 6.51. The van der Waals surface area contributed by atoms with E-state index in [2.05, 4.69) is 5.32 Å². The summed E-state index contributed by atoms with van der Waals surface area (Å²) in [7, 11) is 0. The summed E-state index contributed by atoms with van der Waals surface area (Å²) in [5.41, 5.74) is 1.70. The number of aryl methyl sites for hydroxylation is 1. The first-order chi connectivity index (χ1) is 8.90. The van der Waals surface area contributed by atoms with Crippen molar-refractivity contribution in [2.75, 3.05) is 5.32 Å². The molecule has 0 saturated carbocycles. The van der Waals surface area contributed by atoms with Gasteiger partial charge in [0.05, 0.1) is 0 Å². The number of hydrogen-bond acceptors (Lipinski definition) is 2. The highest BCUT2D eigenvalue weighted by Crippen LogP contribution is 2.15. The van der Waals surface area contributed by atoms with E-state index in [-0.39, 0.29) is 18.2 Å². The number of nitrogens with one attached hydrogen (secondary N) is 1. The van der Waals surface area contributed by atoms with Crippen LogP contribution in [0.15, 0.2) is 24.3 Å². The van der Waals surface area contributed by atoms with E-state index in [4.69, 9.17) is 5.11 Å². The van der Waals surface area contributed by atoms with Gasteiger partial charge in [-0.1, -0.05) is 32.9 Å². The fourth-order valence-electron chi connectivity index (χ4n) is 1.56. The number of rotatable bonds is 6. The number of carbonyl (C=O) groups excluding carboxylic acids is 1. The number of aliphatic carboxylic acids is 1. The predicted octanol–water partition coefficient (Wildman–Crippen LogP) is 2.93. The van der Waals surface area contributed by atoms with E-state index in [9.17, 15) is 9.59 Å². The summed E-state index contributed by atoms with van der Waals surface area (Å²) < 4.78 is 0. The van der Waals surface area contributed by atoms with Crippen LogP contribution in [0.2, 0.25) is 0 Å². The van der Waals surface area contributed by atoms with Crippen LogP contribution in [0.4, 0.5) is 5.69 Å². The monoisotopic (exact) mass is 263 g/mol. The molecule has 4 heteroatoms. The molecule has 1 rings (SSSR count). The topological polar surface area (TPSA) is 66.4 Å². The summed E-state index contributed by atoms with van der Waals surface area (Å²) in [4.78, 5) is 22.3. The Morgan fingerprint density at radius 3 is 2.21 bits per heavy atom. The number of amides is 1. The molecule has 0 fully saturated rings. The molecule has 1 unspecified atom stereocenters. The molecular formula is C15H21NO3. The Bertz CT molecular complexity index is 437. The lowest BCUT2D eigenvalue weighted by Gasteiger charge is -2.15. The van der Waals surface area contributed by atoms with Gasteiger partial charge in [-0.15, -0.1) is 0 Å². The zero-order valence-corrected chi connectivity index (χ0v) is 11.6. The Kier molecular flexibility index (Phi) is 5.55. The largest absolute Gasteiger partial charge is 0.481 e. The maximum absolute atomic E-state index is 11.9. The molecule has 0 aliphatic carbocycles. The normalized spacial score (nSPS) is 12.2. The van der Waals surface area contributed by atoms with Gasteiger partial charge in [0.15, 0.2) is 0 Å². The first kappa shape index (κ1) is 15.2. The Hall–Kier alpha value is -1.84. The molecule has 1 aromatic rings. The van der Waals surface area contributed by atoms with E-state index in [1.165, 1.54) is 0 Å². The average Bonchev–Trinajstić information content (AvgIpc) is 2.36. The van der Waals surface area contributed by atoms with Crippen LogP contribution in [0.3, 0.4) is 0 Å². The predicted molar refractivity (Wildman–Crippen MR) is 75.0 cm³/mol. The number of carboxylic acid groups (broad SMARTS) is 1. The molecule has 0 saturated heterocycles. The fraction of sp³-hybridized carbons (Fsp3) is 0.467. The van der Waals surface area contributed by atoms with Crippen molar-refractivity contribution in [1.29, 1.82) is 0 Å². The smallest absolute Gasteiger partial charge is 0.303 e. The van der Waals surface area contributed by atoms with Gasteiger partial charge >= 0.3 is 5.97 Å². The molecule has 19 heavy (non-hydrogen) atoms.